The van der Waals surface area contributed by atoms with Gasteiger partial charge in [0.25, 0.3) is 0 Å². The van der Waals surface area contributed by atoms with Gasteiger partial charge in [0, 0.05) is 26.2 Å². The molecule has 0 aliphatic carbocycles. The van der Waals surface area contributed by atoms with E-state index < -0.39 is 40.0 Å². The second-order valence-electron chi connectivity index (χ2n) is 2.99. The molecule has 0 radical (unpaired) electrons. The molecular weight excluding hydrogens is 660 g/mol. The Kier molecular flexibility index (Phi) is 164. The first-order valence-corrected chi connectivity index (χ1v) is 12.7. The number of nitrogens with one attached hydrogen (secondary N) is 1. The van der Waals surface area contributed by atoms with Gasteiger partial charge >= 0.3 is 257 Å². The van der Waals surface area contributed by atoms with Gasteiger partial charge in [-0.1, -0.05) is 0 Å². The Morgan fingerprint density at radius 3 is 0.594 bits per heavy atom. The van der Waals surface area contributed by atoms with E-state index in [4.69, 9.17) is 60.4 Å². The van der Waals surface area contributed by atoms with Crippen LogP contribution in [0.25, 0.3) is 0 Å². The molecule has 0 bridgehead atoms. The zero-order valence-corrected chi connectivity index (χ0v) is 39.4. The van der Waals surface area contributed by atoms with Crippen molar-refractivity contribution in [3.63, 3.8) is 0 Å². The van der Waals surface area contributed by atoms with E-state index in [1.807, 2.05) is 0 Å². The fourth-order valence-corrected chi connectivity index (χ4v) is 0.329. The zero-order chi connectivity index (χ0) is 23.4. The average Bonchev–Trinajstić information content (AvgIpc) is 2.35. The predicted octanol–water partition coefficient (Wildman–Crippen LogP) is -24.2. The van der Waals surface area contributed by atoms with Crippen LogP contribution in [0, 0.1) is 0 Å². The Balaban J connectivity index is -0.0000000181. The third kappa shape index (κ3) is 346. The normalized spacial score (nSPS) is 6.12. The van der Waals surface area contributed by atoms with Crippen LogP contribution < -0.4 is 323 Å². The number of hydrogen-bond donors (Lipinski definition) is 3. The van der Waals surface area contributed by atoms with Gasteiger partial charge in [-0.15, -0.1) is 0 Å². The molecule has 5 N–H and O–H groups in total. The van der Waals surface area contributed by atoms with Gasteiger partial charge in [-0.05, 0) is 40.0 Å². The first kappa shape index (κ1) is 72.6. The Labute approximate surface area is 408 Å². The van der Waals surface area contributed by atoms with E-state index in [2.05, 4.69) is 36.8 Å². The third-order valence-electron chi connectivity index (χ3n) is 0.642. The summed E-state index contributed by atoms with van der Waals surface area (Å²) in [5.74, 6) is 0. The minimum atomic E-state index is -2.37. The van der Waals surface area contributed by atoms with Crippen LogP contribution in [-0.4, -0.2) is 57.7 Å². The van der Waals surface area contributed by atoms with Gasteiger partial charge in [-0.3, -0.25) is 0 Å². The van der Waals surface area contributed by atoms with Crippen molar-refractivity contribution in [2.24, 2.45) is 11.5 Å². The molecule has 0 aromatic carbocycles. The molecule has 0 aliphatic rings. The van der Waals surface area contributed by atoms with Gasteiger partial charge in [-0.25, -0.2) is 0 Å². The summed E-state index contributed by atoms with van der Waals surface area (Å²) in [4.78, 5) is 89.3. The second kappa shape index (κ2) is 72.1. The first-order chi connectivity index (χ1) is 12.1. The van der Waals surface area contributed by atoms with Crippen LogP contribution in [0.15, 0.2) is 0 Å². The van der Waals surface area contributed by atoms with Gasteiger partial charge < -0.3 is 65.7 Å². The van der Waals surface area contributed by atoms with Crippen LogP contribution in [0.3, 0.4) is 0 Å². The Morgan fingerprint density at radius 1 is 0.438 bits per heavy atom. The van der Waals surface area contributed by atoms with Crippen molar-refractivity contribution in [2.45, 2.75) is 0 Å². The minimum absolute atomic E-state index is 0. The fourth-order valence-electron chi connectivity index (χ4n) is 0.329. The van der Waals surface area contributed by atoms with Crippen LogP contribution in [0.1, 0.15) is 0 Å². The maximum absolute atomic E-state index is 8.93. The van der Waals surface area contributed by atoms with E-state index >= 15 is 0 Å². The largest absolute Gasteiger partial charge is 1.00 e. The quantitative estimate of drug-likeness (QED) is 0.141. The summed E-state index contributed by atoms with van der Waals surface area (Å²) < 4.78 is 0. The first-order valence-electron chi connectivity index (χ1n) is 5.93. The van der Waals surface area contributed by atoms with Gasteiger partial charge in [0.1, 0.15) is 0 Å². The van der Waals surface area contributed by atoms with E-state index in [1.165, 1.54) is 0 Å². The van der Waals surface area contributed by atoms with E-state index in [0.29, 0.717) is 13.1 Å². The Morgan fingerprint density at radius 2 is 0.531 bits per heavy atom. The fraction of sp³-hybridized carbons (Fsp3) is 0.444. The molecule has 0 fully saturated rings. The van der Waals surface area contributed by atoms with Gasteiger partial charge in [0.15, 0.2) is 0 Å². The number of nitrogens with two attached hydrogens (primary N) is 2. The molecule has 0 unspecified atom stereocenters. The average molecular weight is 684 g/mol. The molecule has 0 heterocycles. The molecule has 23 heteroatoms. The summed E-state index contributed by atoms with van der Waals surface area (Å²) in [5.41, 5.74) is 10.3. The molecule has 0 aliphatic heterocycles. The predicted molar refractivity (Wildman–Crippen MR) is 101 cm³/mol. The van der Waals surface area contributed by atoms with Gasteiger partial charge in [0.05, 0.1) is 31.5 Å². The molecule has 13 nitrogen and oxygen atoms in total. The van der Waals surface area contributed by atoms with Crippen LogP contribution in [-0.2, 0) is 0 Å². The van der Waals surface area contributed by atoms with Gasteiger partial charge in [0.2, 0.25) is 0 Å². The monoisotopic (exact) mass is 683 g/mol. The molecule has 0 atom stereocenters. The Bertz CT molecular complexity index is 316. The Hall–Kier alpha value is 8.51. The molecule has 0 saturated heterocycles. The summed E-state index contributed by atoms with van der Waals surface area (Å²) in [6.07, 6.45) is 13.0. The minimum Gasteiger partial charge on any atom is -0.634 e. The summed E-state index contributed by atoms with van der Waals surface area (Å²) in [6, 6.07) is 0. The molecule has 0 rings (SSSR count). The second-order valence-corrected chi connectivity index (χ2v) is 6.32. The maximum atomic E-state index is 8.93. The summed E-state index contributed by atoms with van der Waals surface area (Å²) >= 11 is 0. The van der Waals surface area contributed by atoms with E-state index in [0.717, 1.165) is 13.1 Å². The standard InChI is InChI=1S/C4H13N3.5CH3O2P.5K/c5-1-3-7-4-2-6;5*1-4(2)3;;;;;/h7H,1-6H2;5*1H2,(H,2,3);;;;;/q;;;;;;5*+1/p-5. The maximum Gasteiger partial charge on any atom is 1.00 e. The molecule has 0 saturated carbocycles. The van der Waals surface area contributed by atoms with E-state index in [-0.39, 0.29) is 257 Å². The molecule has 32 heavy (non-hydrogen) atoms. The summed E-state index contributed by atoms with van der Waals surface area (Å²) in [7, 11) is -11.9. The SMILES string of the molecule is C=[P+]([O-])[O-].C=[P+]([O-])[O-].C=[P+]([O-])[O-].C=[P+]([O-])[O-].C=[P+]([O-])[O-].NCCNCCN.[K+].[K+].[K+].[K+].[K+]. The molecule has 0 amide bonds. The zero-order valence-electron chi connectivity index (χ0n) is 19.3. The topological polar surface area (TPSA) is 295 Å². The van der Waals surface area contributed by atoms with Crippen LogP contribution >= 0.6 is 40.0 Å². The smallest absolute Gasteiger partial charge is 0.634 e. The third-order valence-corrected chi connectivity index (χ3v) is 0.642. The molecule has 0 aromatic rings. The van der Waals surface area contributed by atoms with Crippen LogP contribution in [0.2, 0.25) is 0 Å². The molecule has 164 valence electrons. The van der Waals surface area contributed by atoms with Crippen molar-refractivity contribution in [3.8, 4) is 0 Å². The molecule has 0 spiro atoms. The van der Waals surface area contributed by atoms with Crippen molar-refractivity contribution in [1.29, 1.82) is 0 Å². The summed E-state index contributed by atoms with van der Waals surface area (Å²) in [5, 5.41) is 3.03. The molecule has 0 aromatic heterocycles. The van der Waals surface area contributed by atoms with Crippen molar-refractivity contribution in [2.75, 3.05) is 26.2 Å². The summed E-state index contributed by atoms with van der Waals surface area (Å²) in [6.45, 7) is 3.13. The molecular formula is C9H23K5N3O10P5. The van der Waals surface area contributed by atoms with Crippen molar-refractivity contribution < 1.29 is 306 Å². The van der Waals surface area contributed by atoms with E-state index in [9.17, 15) is 0 Å². The number of rotatable bonds is 4. The van der Waals surface area contributed by atoms with Gasteiger partial charge in [-0.2, -0.15) is 0 Å². The van der Waals surface area contributed by atoms with Crippen LogP contribution in [0.4, 0.5) is 0 Å². The van der Waals surface area contributed by atoms with Crippen molar-refractivity contribution in [3.05, 3.63) is 0 Å². The van der Waals surface area contributed by atoms with E-state index in [1.54, 1.807) is 0 Å². The number of hydrogen-bond acceptors (Lipinski definition) is 13. The van der Waals surface area contributed by atoms with Crippen molar-refractivity contribution >= 4 is 71.5 Å². The van der Waals surface area contributed by atoms with Crippen LogP contribution in [0.5, 0.6) is 0 Å². The van der Waals surface area contributed by atoms with Crippen molar-refractivity contribution in [1.82, 2.24) is 5.32 Å².